The molecule has 2 fully saturated rings. The Morgan fingerprint density at radius 3 is 2.51 bits per heavy atom. The van der Waals surface area contributed by atoms with Crippen LogP contribution in [0.5, 0.6) is 5.75 Å². The quantitative estimate of drug-likeness (QED) is 0.250. The number of benzene rings is 2. The van der Waals surface area contributed by atoms with E-state index < -0.39 is 6.03 Å². The summed E-state index contributed by atoms with van der Waals surface area (Å²) in [6, 6.07) is 12.7. The molecule has 3 heterocycles. The first-order valence-corrected chi connectivity index (χ1v) is 14.5. The summed E-state index contributed by atoms with van der Waals surface area (Å²) in [5.74, 6) is 0.629. The summed E-state index contributed by atoms with van der Waals surface area (Å²) in [5.41, 5.74) is 2.72. The minimum atomic E-state index is -0.571. The molecule has 13 heteroatoms. The topological polar surface area (TPSA) is 133 Å². The maximum absolute atomic E-state index is 12.7. The molecule has 4 N–H and O–H groups in total. The van der Waals surface area contributed by atoms with Crippen molar-refractivity contribution in [3.63, 3.8) is 0 Å². The first kappa shape index (κ1) is 30.1. The van der Waals surface area contributed by atoms with Crippen LogP contribution in [0.25, 0.3) is 0 Å². The molecule has 12 nitrogen and oxygen atoms in total. The van der Waals surface area contributed by atoms with Gasteiger partial charge in [0, 0.05) is 55.3 Å². The summed E-state index contributed by atoms with van der Waals surface area (Å²) >= 11 is 6.28. The van der Waals surface area contributed by atoms with Gasteiger partial charge in [-0.3, -0.25) is 15.0 Å². The molecule has 2 saturated heterocycles. The van der Waals surface area contributed by atoms with Crippen molar-refractivity contribution in [2.75, 3.05) is 72.7 Å². The zero-order valence-electron chi connectivity index (χ0n) is 23.9. The molecule has 1 aromatic heterocycles. The van der Waals surface area contributed by atoms with E-state index in [1.54, 1.807) is 31.4 Å². The first-order chi connectivity index (χ1) is 20.9. The number of rotatable bonds is 9. The van der Waals surface area contributed by atoms with Gasteiger partial charge in [0.05, 0.1) is 32.2 Å². The smallest absolute Gasteiger partial charge is 0.324 e. The number of amides is 3. The molecule has 0 aliphatic carbocycles. The van der Waals surface area contributed by atoms with Crippen molar-refractivity contribution in [2.24, 2.45) is 0 Å². The van der Waals surface area contributed by atoms with E-state index in [-0.39, 0.29) is 22.7 Å². The maximum Gasteiger partial charge on any atom is 0.324 e. The van der Waals surface area contributed by atoms with Crippen molar-refractivity contribution in [1.82, 2.24) is 14.9 Å². The third kappa shape index (κ3) is 7.92. The van der Waals surface area contributed by atoms with Crippen molar-refractivity contribution in [3.8, 4) is 5.75 Å². The molecule has 0 spiro atoms. The summed E-state index contributed by atoms with van der Waals surface area (Å²) in [6.07, 6.45) is 4.79. The van der Waals surface area contributed by atoms with Gasteiger partial charge in [-0.05, 0) is 49.2 Å². The van der Waals surface area contributed by atoms with E-state index in [1.165, 1.54) is 6.20 Å². The van der Waals surface area contributed by atoms with Gasteiger partial charge in [-0.15, -0.1) is 0 Å². The molecule has 0 atom stereocenters. The van der Waals surface area contributed by atoms with Crippen LogP contribution < -0.4 is 30.9 Å². The Kier molecular flexibility index (Phi) is 9.92. The van der Waals surface area contributed by atoms with Gasteiger partial charge in [-0.25, -0.2) is 9.78 Å². The highest BCUT2D eigenvalue weighted by atomic mass is 35.5. The van der Waals surface area contributed by atoms with Crippen LogP contribution in [0.15, 0.2) is 61.3 Å². The Morgan fingerprint density at radius 1 is 1.05 bits per heavy atom. The number of carbonyl (C=O) groups excluding carboxylic acids is 2. The number of hydrogen-bond acceptors (Lipinski definition) is 9. The molecule has 0 unspecified atom stereocenters. The molecular weight excluding hydrogens is 572 g/mol. The lowest BCUT2D eigenvalue weighted by Gasteiger charge is -2.40. The number of morpholine rings is 1. The first-order valence-electron chi connectivity index (χ1n) is 14.1. The van der Waals surface area contributed by atoms with E-state index in [1.807, 2.05) is 18.2 Å². The fourth-order valence-electron chi connectivity index (χ4n) is 5.19. The highest BCUT2D eigenvalue weighted by Gasteiger charge is 2.26. The van der Waals surface area contributed by atoms with Crippen LogP contribution in [0.3, 0.4) is 0 Å². The Balaban J connectivity index is 1.21. The molecule has 3 aromatic rings. The van der Waals surface area contributed by atoms with Gasteiger partial charge in [0.1, 0.15) is 10.8 Å². The van der Waals surface area contributed by atoms with E-state index in [0.29, 0.717) is 28.9 Å². The van der Waals surface area contributed by atoms with E-state index in [0.717, 1.165) is 64.0 Å². The van der Waals surface area contributed by atoms with Gasteiger partial charge >= 0.3 is 6.03 Å². The van der Waals surface area contributed by atoms with E-state index in [4.69, 9.17) is 21.1 Å². The SMILES string of the molecule is C=CC(=O)Nc1cccc(NC(=O)Nc2nc(Nc3ccc(N4CCC(N5CCOCC5)CC4)cc3OC)ncc2Cl)c1. The molecule has 2 aliphatic heterocycles. The van der Waals surface area contributed by atoms with E-state index >= 15 is 0 Å². The molecule has 0 radical (unpaired) electrons. The lowest BCUT2D eigenvalue weighted by atomic mass is 10.0. The number of nitrogens with zero attached hydrogens (tertiary/aromatic N) is 4. The second-order valence-electron chi connectivity index (χ2n) is 10.1. The van der Waals surface area contributed by atoms with Gasteiger partial charge < -0.3 is 30.3 Å². The minimum Gasteiger partial charge on any atom is -0.494 e. The second-order valence-corrected chi connectivity index (χ2v) is 10.5. The van der Waals surface area contributed by atoms with Crippen LogP contribution in [0.1, 0.15) is 12.8 Å². The molecule has 226 valence electrons. The highest BCUT2D eigenvalue weighted by Crippen LogP contribution is 2.33. The standard InChI is InChI=1S/C30H35ClN8O4/c1-3-27(40)33-20-5-4-6-21(17-20)34-30(41)37-28-24(31)19-32-29(36-28)35-25-8-7-23(18-26(25)42-2)38-11-9-22(10-12-38)39-13-15-43-16-14-39/h3-8,17-19,22H,1,9-16H2,2H3,(H,33,40)(H3,32,34,35,36,37,41). The fourth-order valence-corrected chi connectivity index (χ4v) is 5.32. The van der Waals surface area contributed by atoms with Crippen LogP contribution in [0, 0.1) is 0 Å². The molecule has 0 bridgehead atoms. The normalized spacial score (nSPS) is 15.8. The summed E-state index contributed by atoms with van der Waals surface area (Å²) in [6.45, 7) is 9.05. The minimum absolute atomic E-state index is 0.117. The zero-order chi connectivity index (χ0) is 30.2. The number of piperidine rings is 1. The predicted molar refractivity (Wildman–Crippen MR) is 169 cm³/mol. The number of nitrogens with one attached hydrogen (secondary N) is 4. The van der Waals surface area contributed by atoms with Crippen molar-refractivity contribution < 1.29 is 19.1 Å². The lowest BCUT2D eigenvalue weighted by molar-refractivity contribution is -0.111. The van der Waals surface area contributed by atoms with Crippen LogP contribution in [0.2, 0.25) is 5.02 Å². The molecular formula is C30H35ClN8O4. The molecule has 43 heavy (non-hydrogen) atoms. The number of ether oxygens (including phenoxy) is 2. The second kappa shape index (κ2) is 14.2. The number of urea groups is 1. The van der Waals surface area contributed by atoms with Crippen molar-refractivity contribution >= 4 is 58.1 Å². The van der Waals surface area contributed by atoms with E-state index in [2.05, 4.69) is 47.6 Å². The van der Waals surface area contributed by atoms with Gasteiger partial charge in [0.2, 0.25) is 11.9 Å². The van der Waals surface area contributed by atoms with Crippen molar-refractivity contribution in [3.05, 3.63) is 66.3 Å². The Labute approximate surface area is 255 Å². The third-order valence-corrected chi connectivity index (χ3v) is 7.65. The summed E-state index contributed by atoms with van der Waals surface area (Å²) < 4.78 is 11.2. The monoisotopic (exact) mass is 606 g/mol. The van der Waals surface area contributed by atoms with Crippen molar-refractivity contribution in [1.29, 1.82) is 0 Å². The fraction of sp³-hybridized carbons (Fsp3) is 0.333. The highest BCUT2D eigenvalue weighted by molar-refractivity contribution is 6.33. The van der Waals surface area contributed by atoms with Gasteiger partial charge in [-0.1, -0.05) is 24.2 Å². The summed E-state index contributed by atoms with van der Waals surface area (Å²) in [4.78, 5) is 37.8. The van der Waals surface area contributed by atoms with Crippen molar-refractivity contribution in [2.45, 2.75) is 18.9 Å². The molecule has 3 amide bonds. The molecule has 5 rings (SSSR count). The van der Waals surface area contributed by atoms with Crippen LogP contribution in [-0.4, -0.2) is 79.4 Å². The predicted octanol–water partition coefficient (Wildman–Crippen LogP) is 4.95. The van der Waals surface area contributed by atoms with E-state index in [9.17, 15) is 9.59 Å². The van der Waals surface area contributed by atoms with Crippen LogP contribution in [0.4, 0.5) is 39.3 Å². The third-order valence-electron chi connectivity index (χ3n) is 7.37. The van der Waals surface area contributed by atoms with Crippen LogP contribution in [-0.2, 0) is 9.53 Å². The summed E-state index contributed by atoms with van der Waals surface area (Å²) in [7, 11) is 1.62. The largest absolute Gasteiger partial charge is 0.494 e. The maximum atomic E-state index is 12.7. The van der Waals surface area contributed by atoms with Gasteiger partial charge in [-0.2, -0.15) is 4.98 Å². The number of anilines is 6. The number of hydrogen-bond donors (Lipinski definition) is 4. The lowest BCUT2D eigenvalue weighted by Crippen LogP contribution is -2.49. The van der Waals surface area contributed by atoms with Gasteiger partial charge in [0.15, 0.2) is 5.82 Å². The summed E-state index contributed by atoms with van der Waals surface area (Å²) in [5, 5.41) is 11.3. The number of carbonyl (C=O) groups is 2. The Bertz CT molecular complexity index is 1460. The average Bonchev–Trinajstić information content (AvgIpc) is 3.03. The molecule has 0 saturated carbocycles. The Hall–Kier alpha value is -4.39. The Morgan fingerprint density at radius 2 is 1.79 bits per heavy atom. The van der Waals surface area contributed by atoms with Gasteiger partial charge in [0.25, 0.3) is 0 Å². The number of halogens is 1. The average molecular weight is 607 g/mol. The van der Waals surface area contributed by atoms with Crippen LogP contribution >= 0.6 is 11.6 Å². The number of methoxy groups -OCH3 is 1. The molecule has 2 aromatic carbocycles. The number of aromatic nitrogens is 2. The zero-order valence-corrected chi connectivity index (χ0v) is 24.7. The molecule has 2 aliphatic rings.